The van der Waals surface area contributed by atoms with Crippen LogP contribution in [-0.4, -0.2) is 36.9 Å². The molecule has 0 atom stereocenters. The lowest BCUT2D eigenvalue weighted by atomic mass is 10.8. The molecule has 0 unspecified atom stereocenters. The first kappa shape index (κ1) is 11.1. The van der Waals surface area contributed by atoms with E-state index >= 15 is 0 Å². The van der Waals surface area contributed by atoms with Crippen molar-refractivity contribution in [3.05, 3.63) is 0 Å². The highest BCUT2D eigenvalue weighted by molar-refractivity contribution is 8.00. The zero-order valence-electron chi connectivity index (χ0n) is 6.40. The summed E-state index contributed by atoms with van der Waals surface area (Å²) in [6, 6.07) is 0. The highest BCUT2D eigenvalue weighted by Crippen LogP contribution is 2.29. The van der Waals surface area contributed by atoms with Crippen LogP contribution in [0, 0.1) is 0 Å². The van der Waals surface area contributed by atoms with Crippen molar-refractivity contribution in [2.45, 2.75) is 5.51 Å². The van der Waals surface area contributed by atoms with Gasteiger partial charge in [-0.05, 0) is 11.8 Å². The number of halogens is 3. The molecule has 0 aliphatic rings. The Morgan fingerprint density at radius 3 is 2.27 bits per heavy atom. The van der Waals surface area contributed by atoms with Gasteiger partial charge in [0, 0.05) is 26.4 Å². The van der Waals surface area contributed by atoms with Crippen LogP contribution in [-0.2, 0) is 0 Å². The summed E-state index contributed by atoms with van der Waals surface area (Å²) in [5, 5.41) is 1.62. The largest absolute Gasteiger partial charge is 0.441 e. The fourth-order valence-corrected chi connectivity index (χ4v) is 0.861. The van der Waals surface area contributed by atoms with Gasteiger partial charge in [0.15, 0.2) is 0 Å². The SMILES string of the molecule is CN(C)NCCSC(F)(F)F. The molecule has 0 saturated heterocycles. The third kappa shape index (κ3) is 10.1. The summed E-state index contributed by atoms with van der Waals surface area (Å²) < 4.78 is 34.5. The second kappa shape index (κ2) is 4.84. The van der Waals surface area contributed by atoms with Crippen molar-refractivity contribution >= 4 is 11.8 Å². The van der Waals surface area contributed by atoms with E-state index in [4.69, 9.17) is 0 Å². The fraction of sp³-hybridized carbons (Fsp3) is 1.00. The molecule has 0 aromatic rings. The Bertz CT molecular complexity index is 104. The average Bonchev–Trinajstić information content (AvgIpc) is 1.78. The molecule has 0 saturated carbocycles. The second-order valence-electron chi connectivity index (χ2n) is 2.10. The van der Waals surface area contributed by atoms with Crippen LogP contribution in [0.3, 0.4) is 0 Å². The molecule has 2 nitrogen and oxygen atoms in total. The zero-order chi connectivity index (χ0) is 8.91. The van der Waals surface area contributed by atoms with Gasteiger partial charge >= 0.3 is 5.51 Å². The Balaban J connectivity index is 3.15. The van der Waals surface area contributed by atoms with Crippen LogP contribution >= 0.6 is 11.8 Å². The van der Waals surface area contributed by atoms with E-state index in [0.717, 1.165) is 0 Å². The van der Waals surface area contributed by atoms with Crippen molar-refractivity contribution in [2.24, 2.45) is 0 Å². The van der Waals surface area contributed by atoms with Gasteiger partial charge in [0.2, 0.25) is 0 Å². The van der Waals surface area contributed by atoms with E-state index in [0.29, 0.717) is 6.54 Å². The van der Waals surface area contributed by atoms with Gasteiger partial charge in [-0.1, -0.05) is 0 Å². The van der Waals surface area contributed by atoms with Crippen LogP contribution in [0.2, 0.25) is 0 Å². The molecule has 0 aliphatic heterocycles. The van der Waals surface area contributed by atoms with Gasteiger partial charge in [0.05, 0.1) is 0 Å². The van der Waals surface area contributed by atoms with Gasteiger partial charge < -0.3 is 0 Å². The summed E-state index contributed by atoms with van der Waals surface area (Å²) >= 11 is -0.0136. The summed E-state index contributed by atoms with van der Waals surface area (Å²) in [4.78, 5) is 0. The Morgan fingerprint density at radius 1 is 1.36 bits per heavy atom. The molecular formula is C5H11F3N2S. The summed E-state index contributed by atoms with van der Waals surface area (Å²) in [5.74, 6) is 0.0433. The quantitative estimate of drug-likeness (QED) is 0.529. The standard InChI is InChI=1S/C5H11F3N2S/c1-10(2)9-3-4-11-5(6,7)8/h9H,3-4H2,1-2H3. The van der Waals surface area contributed by atoms with Crippen molar-refractivity contribution in [1.82, 2.24) is 10.4 Å². The smallest absolute Gasteiger partial charge is 0.255 e. The Hall–Kier alpha value is 0.0600. The van der Waals surface area contributed by atoms with Crippen molar-refractivity contribution < 1.29 is 13.2 Å². The first-order valence-corrected chi connectivity index (χ1v) is 4.02. The lowest BCUT2D eigenvalue weighted by Crippen LogP contribution is -2.32. The number of nitrogens with one attached hydrogen (secondary N) is 1. The van der Waals surface area contributed by atoms with Crippen molar-refractivity contribution in [3.8, 4) is 0 Å². The molecule has 0 fully saturated rings. The van der Waals surface area contributed by atoms with Gasteiger partial charge in [-0.3, -0.25) is 10.4 Å². The van der Waals surface area contributed by atoms with Gasteiger partial charge in [-0.25, -0.2) is 0 Å². The summed E-state index contributed by atoms with van der Waals surface area (Å²) in [5.41, 5.74) is -1.37. The van der Waals surface area contributed by atoms with Crippen LogP contribution < -0.4 is 5.43 Å². The maximum atomic E-state index is 11.5. The lowest BCUT2D eigenvalue weighted by molar-refractivity contribution is -0.0328. The maximum Gasteiger partial charge on any atom is 0.441 e. The Kier molecular flexibility index (Phi) is 4.87. The van der Waals surface area contributed by atoms with Crippen LogP contribution in [0.15, 0.2) is 0 Å². The number of hydrogen-bond acceptors (Lipinski definition) is 3. The summed E-state index contributed by atoms with van der Waals surface area (Å²) in [6.45, 7) is 0.331. The monoisotopic (exact) mass is 188 g/mol. The number of nitrogens with zero attached hydrogens (tertiary/aromatic N) is 1. The normalized spacial score (nSPS) is 12.5. The molecule has 1 N–H and O–H groups in total. The molecule has 0 amide bonds. The molecule has 0 spiro atoms. The average molecular weight is 188 g/mol. The van der Waals surface area contributed by atoms with Gasteiger partial charge in [-0.2, -0.15) is 13.2 Å². The lowest BCUT2D eigenvalue weighted by Gasteiger charge is -2.11. The third-order valence-electron chi connectivity index (χ3n) is 0.796. The molecule has 0 heterocycles. The van der Waals surface area contributed by atoms with E-state index in [9.17, 15) is 13.2 Å². The highest BCUT2D eigenvalue weighted by Gasteiger charge is 2.27. The van der Waals surface area contributed by atoms with Gasteiger partial charge in [0.25, 0.3) is 0 Å². The first-order chi connectivity index (χ1) is 4.92. The van der Waals surface area contributed by atoms with Crippen LogP contribution in [0.5, 0.6) is 0 Å². The zero-order valence-corrected chi connectivity index (χ0v) is 7.22. The molecule has 0 bridgehead atoms. The third-order valence-corrected chi connectivity index (χ3v) is 1.53. The number of rotatable bonds is 4. The minimum atomic E-state index is -4.10. The van der Waals surface area contributed by atoms with E-state index < -0.39 is 5.51 Å². The second-order valence-corrected chi connectivity index (χ2v) is 3.26. The summed E-state index contributed by atoms with van der Waals surface area (Å²) in [6.07, 6.45) is 0. The number of hydrazine groups is 1. The van der Waals surface area contributed by atoms with E-state index in [1.54, 1.807) is 19.1 Å². The van der Waals surface area contributed by atoms with E-state index in [2.05, 4.69) is 5.43 Å². The molecule has 0 rings (SSSR count). The minimum absolute atomic E-state index is 0.0136. The topological polar surface area (TPSA) is 15.3 Å². The fourth-order valence-electron chi connectivity index (χ4n) is 0.436. The minimum Gasteiger partial charge on any atom is -0.255 e. The number of thioether (sulfide) groups is 1. The number of alkyl halides is 3. The molecule has 6 heteroatoms. The Morgan fingerprint density at radius 2 is 1.91 bits per heavy atom. The molecule has 0 radical (unpaired) electrons. The molecular weight excluding hydrogens is 177 g/mol. The Labute approximate surface area is 68.1 Å². The van der Waals surface area contributed by atoms with Crippen molar-refractivity contribution in [1.29, 1.82) is 0 Å². The van der Waals surface area contributed by atoms with E-state index in [1.165, 1.54) is 0 Å². The molecule has 0 aliphatic carbocycles. The predicted molar refractivity (Wildman–Crippen MR) is 40.2 cm³/mol. The van der Waals surface area contributed by atoms with Crippen molar-refractivity contribution in [3.63, 3.8) is 0 Å². The molecule has 68 valence electrons. The van der Waals surface area contributed by atoms with Crippen LogP contribution in [0.4, 0.5) is 13.2 Å². The van der Waals surface area contributed by atoms with Crippen LogP contribution in [0.25, 0.3) is 0 Å². The molecule has 0 aromatic carbocycles. The molecule has 11 heavy (non-hydrogen) atoms. The van der Waals surface area contributed by atoms with E-state index in [1.807, 2.05) is 0 Å². The van der Waals surface area contributed by atoms with Gasteiger partial charge in [0.1, 0.15) is 0 Å². The van der Waals surface area contributed by atoms with E-state index in [-0.39, 0.29) is 17.5 Å². The highest BCUT2D eigenvalue weighted by atomic mass is 32.2. The predicted octanol–water partition coefficient (Wildman–Crippen LogP) is 1.31. The number of hydrogen-bond donors (Lipinski definition) is 1. The maximum absolute atomic E-state index is 11.5. The molecule has 0 aromatic heterocycles. The first-order valence-electron chi connectivity index (χ1n) is 3.03. The summed E-state index contributed by atoms with van der Waals surface area (Å²) in [7, 11) is 3.47. The van der Waals surface area contributed by atoms with Crippen LogP contribution in [0.1, 0.15) is 0 Å². The van der Waals surface area contributed by atoms with Crippen molar-refractivity contribution in [2.75, 3.05) is 26.4 Å². The van der Waals surface area contributed by atoms with Gasteiger partial charge in [-0.15, -0.1) is 0 Å².